The van der Waals surface area contributed by atoms with Crippen LogP contribution >= 0.6 is 23.2 Å². The van der Waals surface area contributed by atoms with E-state index in [9.17, 15) is 4.79 Å². The fraction of sp³-hybridized carbons (Fsp3) is 0.190. The number of carbonyl (C=O) groups excluding carboxylic acids is 1. The fourth-order valence-corrected chi connectivity index (χ4v) is 3.58. The summed E-state index contributed by atoms with van der Waals surface area (Å²) in [6.07, 6.45) is 5.01. The monoisotopic (exact) mass is 427 g/mol. The number of nitrogens with one attached hydrogen (secondary N) is 2. The Morgan fingerprint density at radius 3 is 2.93 bits per heavy atom. The maximum absolute atomic E-state index is 12.6. The first-order valence-corrected chi connectivity index (χ1v) is 9.95. The molecule has 0 bridgehead atoms. The number of anilines is 2. The molecule has 1 aliphatic rings. The maximum Gasteiger partial charge on any atom is 0.253 e. The van der Waals surface area contributed by atoms with E-state index in [0.717, 1.165) is 35.7 Å². The van der Waals surface area contributed by atoms with Gasteiger partial charge in [0.25, 0.3) is 5.91 Å². The highest BCUT2D eigenvalue weighted by Gasteiger charge is 2.21. The van der Waals surface area contributed by atoms with Crippen LogP contribution in [0.2, 0.25) is 10.0 Å². The molecule has 3 heterocycles. The van der Waals surface area contributed by atoms with Crippen molar-refractivity contribution in [1.82, 2.24) is 15.3 Å². The number of amides is 1. The summed E-state index contributed by atoms with van der Waals surface area (Å²) in [7, 11) is 0. The Morgan fingerprint density at radius 2 is 2.10 bits per heavy atom. The average Bonchev–Trinajstić information content (AvgIpc) is 2.75. The molecular formula is C21H19Cl2N5O. The number of hydrogen-bond donors (Lipinski definition) is 2. The van der Waals surface area contributed by atoms with E-state index in [1.807, 2.05) is 24.3 Å². The van der Waals surface area contributed by atoms with Crippen molar-refractivity contribution in [2.75, 3.05) is 23.3 Å². The largest absolute Gasteiger partial charge is 0.367 e. The topological polar surface area (TPSA) is 70.2 Å². The standard InChI is InChI=1S/C21H19Cl2N5O/c22-17-3-4-18(23)16(8-17)13-28-7-6-25-20-19(28)9-15(12-26-20)21(29)27-11-14-2-1-5-24-10-14/h1-5,8-10,12H,6-7,11,13H2,(H,25,26)(H,27,29). The fourth-order valence-electron chi connectivity index (χ4n) is 3.21. The van der Waals surface area contributed by atoms with Crippen molar-refractivity contribution in [2.24, 2.45) is 0 Å². The molecule has 2 aromatic heterocycles. The molecule has 1 aliphatic heterocycles. The molecule has 0 saturated heterocycles. The van der Waals surface area contributed by atoms with Crippen LogP contribution in [0.25, 0.3) is 0 Å². The molecule has 1 aromatic carbocycles. The zero-order valence-corrected chi connectivity index (χ0v) is 17.0. The Balaban J connectivity index is 1.53. The number of pyridine rings is 2. The van der Waals surface area contributed by atoms with Crippen LogP contribution in [0.5, 0.6) is 0 Å². The Labute approximate surface area is 178 Å². The summed E-state index contributed by atoms with van der Waals surface area (Å²) in [5.41, 5.74) is 3.23. The van der Waals surface area contributed by atoms with E-state index in [-0.39, 0.29) is 5.91 Å². The first-order valence-electron chi connectivity index (χ1n) is 9.20. The first-order chi connectivity index (χ1) is 14.1. The van der Waals surface area contributed by atoms with Gasteiger partial charge in [0, 0.05) is 54.8 Å². The van der Waals surface area contributed by atoms with Crippen molar-refractivity contribution in [1.29, 1.82) is 0 Å². The number of rotatable bonds is 5. The minimum Gasteiger partial charge on any atom is -0.367 e. The lowest BCUT2D eigenvalue weighted by Gasteiger charge is -2.32. The molecule has 0 spiro atoms. The minimum atomic E-state index is -0.185. The first kappa shape index (κ1) is 19.5. The number of halogens is 2. The molecule has 0 radical (unpaired) electrons. The van der Waals surface area contributed by atoms with Gasteiger partial charge in [0.1, 0.15) is 5.82 Å². The molecule has 1 amide bonds. The second kappa shape index (κ2) is 8.68. The van der Waals surface area contributed by atoms with E-state index in [2.05, 4.69) is 25.5 Å². The van der Waals surface area contributed by atoms with Crippen molar-refractivity contribution >= 4 is 40.6 Å². The van der Waals surface area contributed by atoms with Crippen molar-refractivity contribution < 1.29 is 4.79 Å². The molecule has 148 valence electrons. The van der Waals surface area contributed by atoms with E-state index < -0.39 is 0 Å². The molecule has 4 rings (SSSR count). The molecular weight excluding hydrogens is 409 g/mol. The van der Waals surface area contributed by atoms with Crippen LogP contribution in [-0.2, 0) is 13.1 Å². The lowest BCUT2D eigenvalue weighted by atomic mass is 10.1. The Bertz CT molecular complexity index is 1030. The van der Waals surface area contributed by atoms with E-state index in [0.29, 0.717) is 28.7 Å². The van der Waals surface area contributed by atoms with Gasteiger partial charge in [-0.05, 0) is 41.5 Å². The van der Waals surface area contributed by atoms with Crippen molar-refractivity contribution in [2.45, 2.75) is 13.1 Å². The van der Waals surface area contributed by atoms with Crippen LogP contribution in [0, 0.1) is 0 Å². The number of carbonyl (C=O) groups is 1. The van der Waals surface area contributed by atoms with Crippen LogP contribution in [0.1, 0.15) is 21.5 Å². The Morgan fingerprint density at radius 1 is 1.21 bits per heavy atom. The predicted octanol–water partition coefficient (Wildman–Crippen LogP) is 4.15. The van der Waals surface area contributed by atoms with Gasteiger partial charge in [-0.15, -0.1) is 0 Å². The normalized spacial score (nSPS) is 12.8. The third-order valence-electron chi connectivity index (χ3n) is 4.69. The van der Waals surface area contributed by atoms with Gasteiger partial charge >= 0.3 is 0 Å². The zero-order chi connectivity index (χ0) is 20.2. The third kappa shape index (κ3) is 4.60. The highest BCUT2D eigenvalue weighted by molar-refractivity contribution is 6.33. The van der Waals surface area contributed by atoms with Gasteiger partial charge < -0.3 is 15.5 Å². The smallest absolute Gasteiger partial charge is 0.253 e. The number of fused-ring (bicyclic) bond motifs is 1. The molecule has 0 atom stereocenters. The molecule has 3 aromatic rings. The number of hydrogen-bond acceptors (Lipinski definition) is 5. The Kier molecular flexibility index (Phi) is 5.83. The van der Waals surface area contributed by atoms with Crippen LogP contribution < -0.4 is 15.5 Å². The summed E-state index contributed by atoms with van der Waals surface area (Å²) >= 11 is 12.5. The van der Waals surface area contributed by atoms with Crippen molar-refractivity contribution in [3.63, 3.8) is 0 Å². The van der Waals surface area contributed by atoms with E-state index >= 15 is 0 Å². The lowest BCUT2D eigenvalue weighted by Crippen LogP contribution is -2.34. The van der Waals surface area contributed by atoms with Gasteiger partial charge in [-0.2, -0.15) is 0 Å². The lowest BCUT2D eigenvalue weighted by molar-refractivity contribution is 0.0950. The van der Waals surface area contributed by atoms with Gasteiger partial charge in [-0.1, -0.05) is 29.3 Å². The molecule has 0 aliphatic carbocycles. The summed E-state index contributed by atoms with van der Waals surface area (Å²) in [4.78, 5) is 23.3. The predicted molar refractivity (Wildman–Crippen MR) is 116 cm³/mol. The summed E-state index contributed by atoms with van der Waals surface area (Å²) in [6, 6.07) is 11.0. The minimum absolute atomic E-state index is 0.185. The van der Waals surface area contributed by atoms with Gasteiger partial charge in [0.05, 0.1) is 11.3 Å². The summed E-state index contributed by atoms with van der Waals surface area (Å²) < 4.78 is 0. The van der Waals surface area contributed by atoms with E-state index in [1.54, 1.807) is 30.7 Å². The molecule has 29 heavy (non-hydrogen) atoms. The maximum atomic E-state index is 12.6. The van der Waals surface area contributed by atoms with Crippen LogP contribution in [0.3, 0.4) is 0 Å². The van der Waals surface area contributed by atoms with E-state index in [4.69, 9.17) is 23.2 Å². The summed E-state index contributed by atoms with van der Waals surface area (Å²) in [5.74, 6) is 0.564. The van der Waals surface area contributed by atoms with Crippen molar-refractivity contribution in [3.8, 4) is 0 Å². The van der Waals surface area contributed by atoms with E-state index in [1.165, 1.54) is 0 Å². The van der Waals surface area contributed by atoms with Gasteiger partial charge in [-0.25, -0.2) is 4.98 Å². The summed E-state index contributed by atoms with van der Waals surface area (Å²) in [5, 5.41) is 7.48. The zero-order valence-electron chi connectivity index (χ0n) is 15.5. The van der Waals surface area contributed by atoms with Crippen LogP contribution in [0.15, 0.2) is 55.0 Å². The summed E-state index contributed by atoms with van der Waals surface area (Å²) in [6.45, 7) is 2.50. The number of nitrogens with zero attached hydrogens (tertiary/aromatic N) is 3. The molecule has 0 saturated carbocycles. The van der Waals surface area contributed by atoms with Crippen molar-refractivity contribution in [3.05, 3.63) is 81.7 Å². The number of benzene rings is 1. The van der Waals surface area contributed by atoms with Gasteiger partial charge in [-0.3, -0.25) is 9.78 Å². The van der Waals surface area contributed by atoms with Crippen LogP contribution in [-0.4, -0.2) is 29.0 Å². The molecule has 8 heteroatoms. The highest BCUT2D eigenvalue weighted by Crippen LogP contribution is 2.31. The SMILES string of the molecule is O=C(NCc1cccnc1)c1cnc2c(c1)N(Cc1cc(Cl)ccc1Cl)CCN2. The number of aromatic nitrogens is 2. The van der Waals surface area contributed by atoms with Crippen LogP contribution in [0.4, 0.5) is 11.5 Å². The molecule has 0 fully saturated rings. The molecule has 6 nitrogen and oxygen atoms in total. The van der Waals surface area contributed by atoms with Gasteiger partial charge in [0.2, 0.25) is 0 Å². The highest BCUT2D eigenvalue weighted by atomic mass is 35.5. The van der Waals surface area contributed by atoms with Gasteiger partial charge in [0.15, 0.2) is 0 Å². The quantitative estimate of drug-likeness (QED) is 0.639. The Hall–Kier alpha value is -2.83. The second-order valence-corrected chi connectivity index (χ2v) is 7.56. The second-order valence-electron chi connectivity index (χ2n) is 6.72. The average molecular weight is 428 g/mol. The molecule has 0 unspecified atom stereocenters. The third-order valence-corrected chi connectivity index (χ3v) is 5.29. The molecule has 2 N–H and O–H groups in total.